The molecule has 4 rings (SSSR count). The zero-order chi connectivity index (χ0) is 20.9. The van der Waals surface area contributed by atoms with E-state index in [2.05, 4.69) is 15.7 Å². The first-order valence-electron chi connectivity index (χ1n) is 11.1. The third-order valence-electron chi connectivity index (χ3n) is 6.17. The van der Waals surface area contributed by atoms with E-state index in [1.54, 1.807) is 4.68 Å². The summed E-state index contributed by atoms with van der Waals surface area (Å²) in [7, 11) is 0. The Morgan fingerprint density at radius 2 is 1.57 bits per heavy atom. The van der Waals surface area contributed by atoms with Gasteiger partial charge in [0, 0.05) is 30.9 Å². The summed E-state index contributed by atoms with van der Waals surface area (Å²) in [5.41, 5.74) is 2.35. The number of para-hydroxylation sites is 1. The first-order chi connectivity index (χ1) is 14.6. The van der Waals surface area contributed by atoms with Crippen LogP contribution in [-0.4, -0.2) is 51.8 Å². The van der Waals surface area contributed by atoms with E-state index in [0.29, 0.717) is 24.8 Å². The van der Waals surface area contributed by atoms with Gasteiger partial charge in [0.2, 0.25) is 0 Å². The van der Waals surface area contributed by atoms with Crippen LogP contribution in [0.4, 0.5) is 4.79 Å². The van der Waals surface area contributed by atoms with Gasteiger partial charge in [-0.15, -0.1) is 0 Å². The smallest absolute Gasteiger partial charge is 0.315 e. The van der Waals surface area contributed by atoms with Crippen molar-refractivity contribution in [3.63, 3.8) is 0 Å². The molecule has 0 spiro atoms. The van der Waals surface area contributed by atoms with Gasteiger partial charge in [0.25, 0.3) is 5.91 Å². The SMILES string of the molecule is Cc1cc(C(=O)N2CCC(NC(=O)NC3CCCCC3)CC2)nn1-c1ccccc1. The quantitative estimate of drug-likeness (QED) is 0.812. The third kappa shape index (κ3) is 4.83. The summed E-state index contributed by atoms with van der Waals surface area (Å²) in [4.78, 5) is 27.1. The zero-order valence-electron chi connectivity index (χ0n) is 17.6. The van der Waals surface area contributed by atoms with Crippen LogP contribution >= 0.6 is 0 Å². The summed E-state index contributed by atoms with van der Waals surface area (Å²) in [5.74, 6) is -0.0436. The average molecular weight is 410 g/mol. The first kappa shape index (κ1) is 20.4. The maximum Gasteiger partial charge on any atom is 0.315 e. The van der Waals surface area contributed by atoms with Gasteiger partial charge in [0.15, 0.2) is 5.69 Å². The molecule has 160 valence electrons. The molecule has 30 heavy (non-hydrogen) atoms. The molecule has 1 aliphatic carbocycles. The lowest BCUT2D eigenvalue weighted by atomic mass is 9.96. The molecule has 2 fully saturated rings. The molecule has 0 unspecified atom stereocenters. The van der Waals surface area contributed by atoms with Crippen molar-refractivity contribution in [2.75, 3.05) is 13.1 Å². The number of benzene rings is 1. The first-order valence-corrected chi connectivity index (χ1v) is 11.1. The predicted molar refractivity (Wildman–Crippen MR) is 116 cm³/mol. The molecular weight excluding hydrogens is 378 g/mol. The lowest BCUT2D eigenvalue weighted by molar-refractivity contribution is 0.0701. The van der Waals surface area contributed by atoms with E-state index in [-0.39, 0.29) is 18.0 Å². The normalized spacial score (nSPS) is 18.2. The molecule has 1 aromatic heterocycles. The van der Waals surface area contributed by atoms with Crippen molar-refractivity contribution in [1.29, 1.82) is 0 Å². The van der Waals surface area contributed by atoms with Crippen LogP contribution in [0.25, 0.3) is 5.69 Å². The van der Waals surface area contributed by atoms with Gasteiger partial charge in [0.1, 0.15) is 0 Å². The fourth-order valence-electron chi connectivity index (χ4n) is 4.46. The molecule has 1 aromatic carbocycles. The van der Waals surface area contributed by atoms with E-state index in [1.807, 2.05) is 48.2 Å². The van der Waals surface area contributed by atoms with Gasteiger partial charge in [-0.2, -0.15) is 5.10 Å². The number of carbonyl (C=O) groups excluding carboxylic acids is 2. The maximum absolute atomic E-state index is 12.9. The number of nitrogens with one attached hydrogen (secondary N) is 2. The van der Waals surface area contributed by atoms with Gasteiger partial charge in [-0.05, 0) is 50.8 Å². The highest BCUT2D eigenvalue weighted by Crippen LogP contribution is 2.18. The predicted octanol–water partition coefficient (Wildman–Crippen LogP) is 3.42. The molecule has 1 aliphatic heterocycles. The van der Waals surface area contributed by atoms with Crippen molar-refractivity contribution < 1.29 is 9.59 Å². The van der Waals surface area contributed by atoms with Gasteiger partial charge in [-0.1, -0.05) is 37.5 Å². The second-order valence-electron chi connectivity index (χ2n) is 8.44. The summed E-state index contributed by atoms with van der Waals surface area (Å²) in [6.07, 6.45) is 7.36. The Labute approximate surface area is 177 Å². The van der Waals surface area contributed by atoms with Crippen LogP contribution in [0.5, 0.6) is 0 Å². The Balaban J connectivity index is 1.29. The molecule has 7 heteroatoms. The average Bonchev–Trinajstić information content (AvgIpc) is 3.16. The number of likely N-dealkylation sites (tertiary alicyclic amines) is 1. The van der Waals surface area contributed by atoms with Crippen LogP contribution in [0.1, 0.15) is 61.1 Å². The molecule has 0 radical (unpaired) electrons. The van der Waals surface area contributed by atoms with Crippen molar-refractivity contribution in [1.82, 2.24) is 25.3 Å². The molecule has 2 heterocycles. The number of amides is 3. The topological polar surface area (TPSA) is 79.3 Å². The number of aryl methyl sites for hydroxylation is 1. The summed E-state index contributed by atoms with van der Waals surface area (Å²) >= 11 is 0. The Bertz CT molecular complexity index is 865. The van der Waals surface area contributed by atoms with E-state index in [4.69, 9.17) is 0 Å². The number of hydrogen-bond donors (Lipinski definition) is 2. The highest BCUT2D eigenvalue weighted by molar-refractivity contribution is 5.92. The Morgan fingerprint density at radius 3 is 2.23 bits per heavy atom. The van der Waals surface area contributed by atoms with Crippen molar-refractivity contribution in [3.8, 4) is 5.69 Å². The minimum atomic E-state index is -0.0658. The molecule has 3 amide bonds. The monoisotopic (exact) mass is 409 g/mol. The van der Waals surface area contributed by atoms with E-state index in [1.165, 1.54) is 19.3 Å². The van der Waals surface area contributed by atoms with Crippen molar-refractivity contribution >= 4 is 11.9 Å². The second-order valence-corrected chi connectivity index (χ2v) is 8.44. The Morgan fingerprint density at radius 1 is 0.933 bits per heavy atom. The molecule has 2 N–H and O–H groups in total. The Kier molecular flexibility index (Phi) is 6.35. The summed E-state index contributed by atoms with van der Waals surface area (Å²) < 4.78 is 1.80. The van der Waals surface area contributed by atoms with Crippen molar-refractivity contribution in [2.45, 2.75) is 64.0 Å². The number of piperidine rings is 1. The van der Waals surface area contributed by atoms with Crippen LogP contribution in [0.3, 0.4) is 0 Å². The maximum atomic E-state index is 12.9. The van der Waals surface area contributed by atoms with E-state index in [0.717, 1.165) is 37.1 Å². The van der Waals surface area contributed by atoms with Crippen LogP contribution in [0, 0.1) is 6.92 Å². The minimum absolute atomic E-state index is 0.0436. The van der Waals surface area contributed by atoms with Gasteiger partial charge < -0.3 is 15.5 Å². The highest BCUT2D eigenvalue weighted by Gasteiger charge is 2.27. The van der Waals surface area contributed by atoms with Crippen molar-refractivity contribution in [2.24, 2.45) is 0 Å². The molecule has 2 aromatic rings. The van der Waals surface area contributed by atoms with E-state index in [9.17, 15) is 9.59 Å². The zero-order valence-corrected chi connectivity index (χ0v) is 17.6. The summed E-state index contributed by atoms with van der Waals surface area (Å²) in [6.45, 7) is 3.22. The van der Waals surface area contributed by atoms with Crippen LogP contribution in [-0.2, 0) is 0 Å². The molecule has 1 saturated heterocycles. The van der Waals surface area contributed by atoms with Gasteiger partial charge in [-0.3, -0.25) is 4.79 Å². The number of aromatic nitrogens is 2. The molecule has 1 saturated carbocycles. The largest absolute Gasteiger partial charge is 0.337 e. The van der Waals surface area contributed by atoms with Crippen LogP contribution in [0.2, 0.25) is 0 Å². The minimum Gasteiger partial charge on any atom is -0.337 e. The molecule has 2 aliphatic rings. The summed E-state index contributed by atoms with van der Waals surface area (Å²) in [6, 6.07) is 12.0. The van der Waals surface area contributed by atoms with Gasteiger partial charge in [-0.25, -0.2) is 9.48 Å². The van der Waals surface area contributed by atoms with Gasteiger partial charge >= 0.3 is 6.03 Å². The molecular formula is C23H31N5O2. The molecule has 0 atom stereocenters. The van der Waals surface area contributed by atoms with Gasteiger partial charge in [0.05, 0.1) is 5.69 Å². The number of nitrogens with zero attached hydrogens (tertiary/aromatic N) is 3. The molecule has 7 nitrogen and oxygen atoms in total. The third-order valence-corrected chi connectivity index (χ3v) is 6.17. The van der Waals surface area contributed by atoms with Crippen LogP contribution in [0.15, 0.2) is 36.4 Å². The standard InChI is InChI=1S/C23H31N5O2/c1-17-16-21(26-28(17)20-10-6-3-7-11-20)22(29)27-14-12-19(13-15-27)25-23(30)24-18-8-4-2-5-9-18/h3,6-7,10-11,16,18-19H,2,4-5,8-9,12-15H2,1H3,(H2,24,25,30). The number of rotatable bonds is 4. The van der Waals surface area contributed by atoms with Crippen LogP contribution < -0.4 is 10.6 Å². The van der Waals surface area contributed by atoms with Crippen molar-refractivity contribution in [3.05, 3.63) is 47.8 Å². The Hall–Kier alpha value is -2.83. The van der Waals surface area contributed by atoms with E-state index >= 15 is 0 Å². The lowest BCUT2D eigenvalue weighted by Gasteiger charge is -2.32. The fraction of sp³-hybridized carbons (Fsp3) is 0.522. The second kappa shape index (κ2) is 9.32. The molecule has 0 bridgehead atoms. The van der Waals surface area contributed by atoms with E-state index < -0.39 is 0 Å². The summed E-state index contributed by atoms with van der Waals surface area (Å²) in [5, 5.41) is 10.7. The highest BCUT2D eigenvalue weighted by atomic mass is 16.2. The lowest BCUT2D eigenvalue weighted by Crippen LogP contribution is -2.51. The number of hydrogen-bond acceptors (Lipinski definition) is 3. The number of carbonyl (C=O) groups is 2. The number of urea groups is 1. The fourth-order valence-corrected chi connectivity index (χ4v) is 4.46.